The maximum Gasteiger partial charge on any atom is 0.309 e. The number of hydrogen-bond acceptors (Lipinski definition) is 4. The fourth-order valence-corrected chi connectivity index (χ4v) is 2.40. The molecule has 0 aliphatic carbocycles. The van der Waals surface area contributed by atoms with Crippen LogP contribution >= 0.6 is 0 Å². The minimum absolute atomic E-state index is 0.128. The Morgan fingerprint density at radius 1 is 1.16 bits per heavy atom. The summed E-state index contributed by atoms with van der Waals surface area (Å²) < 4.78 is 18.1. The largest absolute Gasteiger partial charge is 0.466 e. The Morgan fingerprint density at radius 2 is 1.80 bits per heavy atom. The molecule has 6 nitrogen and oxygen atoms in total. The molecule has 2 amide bonds. The van der Waals surface area contributed by atoms with Crippen LogP contribution in [0.2, 0.25) is 0 Å². The predicted octanol–water partition coefficient (Wildman–Crippen LogP) is 1.89. The number of furan rings is 1. The number of benzene rings is 1. The highest BCUT2D eigenvalue weighted by Crippen LogP contribution is 2.23. The summed E-state index contributed by atoms with van der Waals surface area (Å²) >= 11 is 0. The van der Waals surface area contributed by atoms with Crippen LogP contribution in [0.4, 0.5) is 4.39 Å². The molecule has 0 aliphatic rings. The number of amides is 2. The first-order valence-electron chi connectivity index (χ1n) is 7.92. The fourth-order valence-electron chi connectivity index (χ4n) is 2.40. The fraction of sp³-hybridized carbons (Fsp3) is 0.333. The number of aryl methyl sites for hydroxylation is 2. The summed E-state index contributed by atoms with van der Waals surface area (Å²) in [5.41, 5.74) is 1.36. The van der Waals surface area contributed by atoms with Crippen molar-refractivity contribution in [2.45, 2.75) is 32.9 Å². The van der Waals surface area contributed by atoms with Crippen LogP contribution in [0, 0.1) is 19.7 Å². The normalized spacial score (nSPS) is 11.8. The van der Waals surface area contributed by atoms with Gasteiger partial charge in [-0.25, -0.2) is 4.39 Å². The molecule has 1 aromatic carbocycles. The molecule has 7 heteroatoms. The first kappa shape index (κ1) is 18.7. The lowest BCUT2D eigenvalue weighted by atomic mass is 10.1. The molecule has 1 heterocycles. The summed E-state index contributed by atoms with van der Waals surface area (Å²) in [6, 6.07) is 7.36. The summed E-state index contributed by atoms with van der Waals surface area (Å²) in [5, 5.41) is 15.0. The lowest BCUT2D eigenvalue weighted by molar-refractivity contribution is -0.139. The Balaban J connectivity index is 1.73. The molecule has 0 spiro atoms. The molecular weight excluding hydrogens is 327 g/mol. The van der Waals surface area contributed by atoms with E-state index in [1.807, 2.05) is 0 Å². The highest BCUT2D eigenvalue weighted by molar-refractivity contribution is 6.35. The molecule has 0 bridgehead atoms. The third-order valence-corrected chi connectivity index (χ3v) is 3.71. The van der Waals surface area contributed by atoms with E-state index in [4.69, 9.17) is 4.42 Å². The molecule has 2 rings (SSSR count). The van der Waals surface area contributed by atoms with Gasteiger partial charge in [0.05, 0.1) is 6.10 Å². The lowest BCUT2D eigenvalue weighted by Gasteiger charge is -2.10. The van der Waals surface area contributed by atoms with E-state index < -0.39 is 17.9 Å². The third-order valence-electron chi connectivity index (χ3n) is 3.71. The molecule has 3 N–H and O–H groups in total. The van der Waals surface area contributed by atoms with Gasteiger partial charge in [-0.2, -0.15) is 0 Å². The van der Waals surface area contributed by atoms with Gasteiger partial charge < -0.3 is 20.2 Å². The van der Waals surface area contributed by atoms with Crippen molar-refractivity contribution in [3.8, 4) is 0 Å². The molecule has 1 unspecified atom stereocenters. The van der Waals surface area contributed by atoms with E-state index in [1.165, 1.54) is 24.3 Å². The monoisotopic (exact) mass is 348 g/mol. The molecule has 134 valence electrons. The van der Waals surface area contributed by atoms with Gasteiger partial charge >= 0.3 is 11.8 Å². The number of carbonyl (C=O) groups excluding carboxylic acids is 2. The molecule has 1 aromatic heterocycles. The number of aliphatic hydroxyl groups excluding tert-OH is 1. The van der Waals surface area contributed by atoms with Crippen molar-refractivity contribution in [1.29, 1.82) is 0 Å². The SMILES string of the molecule is Cc1cc(C(O)CCNC(=O)C(=O)NCc2ccc(F)cc2)c(C)o1. The number of rotatable bonds is 6. The van der Waals surface area contributed by atoms with Crippen LogP contribution in [-0.4, -0.2) is 23.5 Å². The third kappa shape index (κ3) is 5.42. The van der Waals surface area contributed by atoms with Gasteiger partial charge in [0.2, 0.25) is 0 Å². The van der Waals surface area contributed by atoms with Crippen LogP contribution in [0.1, 0.15) is 35.2 Å². The Hall–Kier alpha value is -2.67. The Labute approximate surface area is 145 Å². The van der Waals surface area contributed by atoms with Gasteiger partial charge in [-0.3, -0.25) is 9.59 Å². The summed E-state index contributed by atoms with van der Waals surface area (Å²) in [5.74, 6) is -0.595. The van der Waals surface area contributed by atoms with E-state index >= 15 is 0 Å². The number of carbonyl (C=O) groups is 2. The summed E-state index contributed by atoms with van der Waals surface area (Å²) in [6.45, 7) is 3.82. The van der Waals surface area contributed by atoms with Crippen LogP contribution < -0.4 is 10.6 Å². The average molecular weight is 348 g/mol. The van der Waals surface area contributed by atoms with Gasteiger partial charge in [-0.05, 0) is 44.0 Å². The van der Waals surface area contributed by atoms with Gasteiger partial charge in [0.25, 0.3) is 0 Å². The maximum absolute atomic E-state index is 12.8. The van der Waals surface area contributed by atoms with Crippen LogP contribution in [0.25, 0.3) is 0 Å². The van der Waals surface area contributed by atoms with Gasteiger partial charge in [-0.1, -0.05) is 12.1 Å². The van der Waals surface area contributed by atoms with Crippen molar-refractivity contribution in [2.75, 3.05) is 6.54 Å². The van der Waals surface area contributed by atoms with Gasteiger partial charge in [0.15, 0.2) is 0 Å². The molecule has 25 heavy (non-hydrogen) atoms. The molecule has 2 aromatic rings. The quantitative estimate of drug-likeness (QED) is 0.695. The van der Waals surface area contributed by atoms with E-state index in [0.717, 1.165) is 0 Å². The highest BCUT2D eigenvalue weighted by Gasteiger charge is 2.16. The summed E-state index contributed by atoms with van der Waals surface area (Å²) in [4.78, 5) is 23.4. The first-order chi connectivity index (χ1) is 11.9. The van der Waals surface area contributed by atoms with Crippen molar-refractivity contribution in [3.63, 3.8) is 0 Å². The molecule has 0 radical (unpaired) electrons. The standard InChI is InChI=1S/C18H21FN2O4/c1-11-9-15(12(2)25-11)16(22)7-8-20-17(23)18(24)21-10-13-3-5-14(19)6-4-13/h3-6,9,16,22H,7-8,10H2,1-2H3,(H,20,23)(H,21,24). The Kier molecular flexibility index (Phi) is 6.30. The van der Waals surface area contributed by atoms with Gasteiger partial charge in [-0.15, -0.1) is 0 Å². The molecule has 0 aliphatic heterocycles. The number of aliphatic hydroxyl groups is 1. The van der Waals surface area contributed by atoms with Crippen LogP contribution in [-0.2, 0) is 16.1 Å². The Morgan fingerprint density at radius 3 is 2.40 bits per heavy atom. The zero-order chi connectivity index (χ0) is 18.4. The smallest absolute Gasteiger partial charge is 0.309 e. The van der Waals surface area contributed by atoms with Crippen LogP contribution in [0.15, 0.2) is 34.7 Å². The molecule has 0 fully saturated rings. The lowest BCUT2D eigenvalue weighted by Crippen LogP contribution is -2.40. The minimum atomic E-state index is -0.783. The maximum atomic E-state index is 12.8. The second kappa shape index (κ2) is 8.43. The zero-order valence-electron chi connectivity index (χ0n) is 14.1. The second-order valence-electron chi connectivity index (χ2n) is 5.74. The number of nitrogens with one attached hydrogen (secondary N) is 2. The topological polar surface area (TPSA) is 91.6 Å². The van der Waals surface area contributed by atoms with Crippen molar-refractivity contribution in [2.24, 2.45) is 0 Å². The van der Waals surface area contributed by atoms with Crippen LogP contribution in [0.3, 0.4) is 0 Å². The number of halogens is 1. The molecular formula is C18H21FN2O4. The predicted molar refractivity (Wildman–Crippen MR) is 89.0 cm³/mol. The summed E-state index contributed by atoms with van der Waals surface area (Å²) in [7, 11) is 0. The molecule has 0 saturated heterocycles. The summed E-state index contributed by atoms with van der Waals surface area (Å²) in [6.07, 6.45) is -0.517. The van der Waals surface area contributed by atoms with E-state index in [9.17, 15) is 19.1 Å². The van der Waals surface area contributed by atoms with Crippen LogP contribution in [0.5, 0.6) is 0 Å². The van der Waals surface area contributed by atoms with Gasteiger partial charge in [0, 0.05) is 18.7 Å². The van der Waals surface area contributed by atoms with Gasteiger partial charge in [0.1, 0.15) is 17.3 Å². The zero-order valence-corrected chi connectivity index (χ0v) is 14.1. The minimum Gasteiger partial charge on any atom is -0.466 e. The van der Waals surface area contributed by atoms with Crippen molar-refractivity contribution in [1.82, 2.24) is 10.6 Å². The average Bonchev–Trinajstić information content (AvgIpc) is 2.92. The van der Waals surface area contributed by atoms with E-state index in [1.54, 1.807) is 19.9 Å². The molecule has 0 saturated carbocycles. The van der Waals surface area contributed by atoms with Crippen molar-refractivity contribution < 1.29 is 23.5 Å². The van der Waals surface area contributed by atoms with E-state index in [2.05, 4.69) is 10.6 Å². The molecule has 1 atom stereocenters. The van der Waals surface area contributed by atoms with Crippen molar-refractivity contribution >= 4 is 11.8 Å². The van der Waals surface area contributed by atoms with Crippen molar-refractivity contribution in [3.05, 3.63) is 58.8 Å². The van der Waals surface area contributed by atoms with E-state index in [0.29, 0.717) is 22.6 Å². The second-order valence-corrected chi connectivity index (χ2v) is 5.74. The van der Waals surface area contributed by atoms with E-state index in [-0.39, 0.29) is 25.3 Å². The number of hydrogen-bond donors (Lipinski definition) is 3. The highest BCUT2D eigenvalue weighted by atomic mass is 19.1. The first-order valence-corrected chi connectivity index (χ1v) is 7.92. The Bertz CT molecular complexity index is 740.